The smallest absolute Gasteiger partial charge is 0.279 e. The minimum absolute atomic E-state index is 0.479. The molecular formula is C12H25N3O2S. The highest BCUT2D eigenvalue weighted by atomic mass is 32.2. The molecule has 5 nitrogen and oxygen atoms in total. The van der Waals surface area contributed by atoms with Crippen LogP contribution in [0.25, 0.3) is 0 Å². The second-order valence-electron chi connectivity index (χ2n) is 5.59. The highest BCUT2D eigenvalue weighted by molar-refractivity contribution is 7.87. The molecule has 18 heavy (non-hydrogen) atoms. The monoisotopic (exact) mass is 275 g/mol. The molecule has 0 aromatic heterocycles. The Balaban J connectivity index is 1.65. The van der Waals surface area contributed by atoms with Gasteiger partial charge < -0.3 is 5.32 Å². The number of hydrogen-bond acceptors (Lipinski definition) is 3. The molecule has 2 fully saturated rings. The Morgan fingerprint density at radius 2 is 2.00 bits per heavy atom. The fraction of sp³-hybridized carbons (Fsp3) is 1.00. The van der Waals surface area contributed by atoms with Crippen LogP contribution in [0.5, 0.6) is 0 Å². The summed E-state index contributed by atoms with van der Waals surface area (Å²) >= 11 is 0. The molecule has 106 valence electrons. The van der Waals surface area contributed by atoms with Crippen LogP contribution in [0, 0.1) is 5.92 Å². The Labute approximate surface area is 110 Å². The molecule has 1 aliphatic heterocycles. The highest BCUT2D eigenvalue weighted by Gasteiger charge is 2.26. The van der Waals surface area contributed by atoms with Gasteiger partial charge in [-0.25, -0.2) is 4.72 Å². The summed E-state index contributed by atoms with van der Waals surface area (Å²) < 4.78 is 28.4. The van der Waals surface area contributed by atoms with Crippen LogP contribution in [0.4, 0.5) is 0 Å². The average Bonchev–Trinajstić information content (AvgIpc) is 3.12. The van der Waals surface area contributed by atoms with Gasteiger partial charge >= 0.3 is 0 Å². The summed E-state index contributed by atoms with van der Waals surface area (Å²) in [7, 11) is -3.25. The Kier molecular flexibility index (Phi) is 5.00. The molecule has 0 aromatic carbocycles. The zero-order valence-corrected chi connectivity index (χ0v) is 12.0. The minimum atomic E-state index is -3.25. The highest BCUT2D eigenvalue weighted by Crippen LogP contribution is 2.18. The maximum Gasteiger partial charge on any atom is 0.279 e. The van der Waals surface area contributed by atoms with Gasteiger partial charge in [-0.05, 0) is 44.6 Å². The molecule has 0 amide bonds. The predicted octanol–water partition coefficient (Wildman–Crippen LogP) is 0.695. The van der Waals surface area contributed by atoms with Gasteiger partial charge in [-0.2, -0.15) is 12.7 Å². The Bertz CT molecular complexity index is 354. The average molecular weight is 275 g/mol. The molecule has 2 aliphatic rings. The topological polar surface area (TPSA) is 61.4 Å². The van der Waals surface area contributed by atoms with E-state index in [1.165, 1.54) is 12.8 Å². The summed E-state index contributed by atoms with van der Waals surface area (Å²) in [6.45, 7) is 4.88. The summed E-state index contributed by atoms with van der Waals surface area (Å²) in [5.74, 6) is 0.479. The van der Waals surface area contributed by atoms with E-state index in [1.54, 1.807) is 4.31 Å². The van der Waals surface area contributed by atoms with E-state index in [0.717, 1.165) is 25.8 Å². The van der Waals surface area contributed by atoms with Gasteiger partial charge in [0.1, 0.15) is 0 Å². The van der Waals surface area contributed by atoms with E-state index in [4.69, 9.17) is 0 Å². The van der Waals surface area contributed by atoms with Crippen LogP contribution in [0.2, 0.25) is 0 Å². The third kappa shape index (κ3) is 4.50. The van der Waals surface area contributed by atoms with Gasteiger partial charge in [0.05, 0.1) is 0 Å². The van der Waals surface area contributed by atoms with E-state index in [2.05, 4.69) is 17.0 Å². The van der Waals surface area contributed by atoms with Crippen molar-refractivity contribution in [2.45, 2.75) is 45.1 Å². The van der Waals surface area contributed by atoms with Crippen LogP contribution >= 0.6 is 0 Å². The van der Waals surface area contributed by atoms with Gasteiger partial charge in [0.2, 0.25) is 0 Å². The molecule has 0 radical (unpaired) electrons. The number of rotatable bonds is 7. The molecule has 1 saturated carbocycles. The van der Waals surface area contributed by atoms with Crippen molar-refractivity contribution < 1.29 is 8.42 Å². The van der Waals surface area contributed by atoms with E-state index in [1.807, 2.05) is 0 Å². The number of nitrogens with one attached hydrogen (secondary N) is 2. The van der Waals surface area contributed by atoms with Crippen LogP contribution in [0.3, 0.4) is 0 Å². The van der Waals surface area contributed by atoms with Gasteiger partial charge in [-0.3, -0.25) is 0 Å². The number of hydrogen-bond donors (Lipinski definition) is 2. The van der Waals surface area contributed by atoms with Crippen LogP contribution in [-0.4, -0.2) is 44.9 Å². The molecule has 6 heteroatoms. The zero-order chi connectivity index (χ0) is 13.0. The fourth-order valence-electron chi connectivity index (χ4n) is 2.34. The van der Waals surface area contributed by atoms with Crippen molar-refractivity contribution in [1.29, 1.82) is 0 Å². The largest absolute Gasteiger partial charge is 0.314 e. The molecule has 1 unspecified atom stereocenters. The van der Waals surface area contributed by atoms with Crippen molar-refractivity contribution >= 4 is 10.2 Å². The van der Waals surface area contributed by atoms with E-state index in [0.29, 0.717) is 31.6 Å². The fourth-order valence-corrected chi connectivity index (χ4v) is 3.74. The standard InChI is InChI=1S/C12H25N3O2S/c1-11-4-2-9-15(10-11)18(16,17)14-8-3-7-13-12-5-6-12/h11-14H,2-10H2,1H3. The van der Waals surface area contributed by atoms with Crippen molar-refractivity contribution in [1.82, 2.24) is 14.3 Å². The maximum atomic E-state index is 12.0. The van der Waals surface area contributed by atoms with E-state index in [-0.39, 0.29) is 0 Å². The van der Waals surface area contributed by atoms with Gasteiger partial charge in [0.25, 0.3) is 10.2 Å². The molecule has 0 spiro atoms. The molecule has 0 bridgehead atoms. The maximum absolute atomic E-state index is 12.0. The molecule has 0 aromatic rings. The van der Waals surface area contributed by atoms with E-state index < -0.39 is 10.2 Å². The van der Waals surface area contributed by atoms with Crippen molar-refractivity contribution in [3.8, 4) is 0 Å². The third-order valence-corrected chi connectivity index (χ3v) is 5.19. The molecule has 2 rings (SSSR count). The van der Waals surface area contributed by atoms with E-state index in [9.17, 15) is 8.42 Å². The minimum Gasteiger partial charge on any atom is -0.314 e. The van der Waals surface area contributed by atoms with Crippen LogP contribution in [0.1, 0.15) is 39.0 Å². The number of piperidine rings is 1. The predicted molar refractivity (Wildman–Crippen MR) is 72.5 cm³/mol. The van der Waals surface area contributed by atoms with Gasteiger partial charge in [0, 0.05) is 25.7 Å². The van der Waals surface area contributed by atoms with Crippen LogP contribution in [0.15, 0.2) is 0 Å². The lowest BCUT2D eigenvalue weighted by molar-refractivity contribution is 0.278. The quantitative estimate of drug-likeness (QED) is 0.672. The van der Waals surface area contributed by atoms with E-state index >= 15 is 0 Å². The van der Waals surface area contributed by atoms with Crippen molar-refractivity contribution in [3.05, 3.63) is 0 Å². The molecule has 1 heterocycles. The summed E-state index contributed by atoms with van der Waals surface area (Å²) in [6.07, 6.45) is 5.52. The Hall–Kier alpha value is -0.170. The summed E-state index contributed by atoms with van der Waals surface area (Å²) in [5.41, 5.74) is 0. The molecular weight excluding hydrogens is 250 g/mol. The summed E-state index contributed by atoms with van der Waals surface area (Å²) in [5, 5.41) is 3.38. The number of nitrogens with zero attached hydrogens (tertiary/aromatic N) is 1. The van der Waals surface area contributed by atoms with Crippen LogP contribution < -0.4 is 10.0 Å². The molecule has 1 aliphatic carbocycles. The zero-order valence-electron chi connectivity index (χ0n) is 11.2. The van der Waals surface area contributed by atoms with Gasteiger partial charge in [-0.1, -0.05) is 6.92 Å². The first-order valence-corrected chi connectivity index (χ1v) is 8.50. The normalized spacial score (nSPS) is 26.4. The molecule has 1 atom stereocenters. The lowest BCUT2D eigenvalue weighted by Crippen LogP contribution is -2.46. The first kappa shape index (κ1) is 14.2. The first-order chi connectivity index (χ1) is 8.58. The van der Waals surface area contributed by atoms with Crippen molar-refractivity contribution in [2.75, 3.05) is 26.2 Å². The van der Waals surface area contributed by atoms with Gasteiger partial charge in [-0.15, -0.1) is 0 Å². The second kappa shape index (κ2) is 6.32. The van der Waals surface area contributed by atoms with Crippen molar-refractivity contribution in [2.24, 2.45) is 5.92 Å². The SMILES string of the molecule is CC1CCCN(S(=O)(=O)NCCCNC2CC2)C1. The Morgan fingerprint density at radius 1 is 1.22 bits per heavy atom. The van der Waals surface area contributed by atoms with Crippen LogP contribution in [-0.2, 0) is 10.2 Å². The lowest BCUT2D eigenvalue weighted by atomic mass is 10.0. The summed E-state index contributed by atoms with van der Waals surface area (Å²) in [4.78, 5) is 0. The second-order valence-corrected chi connectivity index (χ2v) is 7.34. The molecule has 2 N–H and O–H groups in total. The lowest BCUT2D eigenvalue weighted by Gasteiger charge is -2.29. The summed E-state index contributed by atoms with van der Waals surface area (Å²) in [6, 6.07) is 0.699. The van der Waals surface area contributed by atoms with Gasteiger partial charge in [0.15, 0.2) is 0 Å². The molecule has 1 saturated heterocycles. The Morgan fingerprint density at radius 3 is 2.67 bits per heavy atom. The third-order valence-electron chi connectivity index (χ3n) is 3.61. The first-order valence-electron chi connectivity index (χ1n) is 7.06. The van der Waals surface area contributed by atoms with Crippen molar-refractivity contribution in [3.63, 3.8) is 0 Å².